The number of hydrogen-bond acceptors (Lipinski definition) is 2. The summed E-state index contributed by atoms with van der Waals surface area (Å²) in [6, 6.07) is 0. The molecule has 0 amide bonds. The molecule has 0 spiro atoms. The van der Waals surface area contributed by atoms with Crippen LogP contribution in [0.5, 0.6) is 0 Å². The third-order valence-corrected chi connectivity index (χ3v) is 3.48. The van der Waals surface area contributed by atoms with E-state index in [4.69, 9.17) is 5.11 Å². The SMILES string of the molecule is CCCCCCCC(CC)(CCO)C(=O)O. The largest absolute Gasteiger partial charge is 0.481 e. The predicted octanol–water partition coefficient (Wildman–Crippen LogP) is 3.21. The van der Waals surface area contributed by atoms with E-state index in [0.717, 1.165) is 12.8 Å². The van der Waals surface area contributed by atoms with Crippen LogP contribution in [0.2, 0.25) is 0 Å². The average molecular weight is 230 g/mol. The Balaban J connectivity index is 4.05. The maximum Gasteiger partial charge on any atom is 0.309 e. The minimum Gasteiger partial charge on any atom is -0.481 e. The topological polar surface area (TPSA) is 57.5 Å². The Morgan fingerprint density at radius 3 is 2.12 bits per heavy atom. The maximum atomic E-state index is 11.3. The molecule has 0 aliphatic rings. The lowest BCUT2D eigenvalue weighted by Crippen LogP contribution is -2.31. The molecule has 0 aliphatic heterocycles. The highest BCUT2D eigenvalue weighted by atomic mass is 16.4. The lowest BCUT2D eigenvalue weighted by molar-refractivity contribution is -0.151. The first-order valence-electron chi connectivity index (χ1n) is 6.47. The van der Waals surface area contributed by atoms with Crippen LogP contribution in [-0.4, -0.2) is 22.8 Å². The van der Waals surface area contributed by atoms with Crippen molar-refractivity contribution in [1.82, 2.24) is 0 Å². The summed E-state index contributed by atoms with van der Waals surface area (Å²) in [5, 5.41) is 18.2. The predicted molar refractivity (Wildman–Crippen MR) is 65.4 cm³/mol. The minimum atomic E-state index is -0.750. The molecule has 0 fully saturated rings. The van der Waals surface area contributed by atoms with Crippen LogP contribution in [0.4, 0.5) is 0 Å². The van der Waals surface area contributed by atoms with E-state index in [9.17, 15) is 9.90 Å². The van der Waals surface area contributed by atoms with Crippen molar-refractivity contribution in [2.24, 2.45) is 5.41 Å². The third kappa shape index (κ3) is 4.97. The monoisotopic (exact) mass is 230 g/mol. The quantitative estimate of drug-likeness (QED) is 0.567. The summed E-state index contributed by atoms with van der Waals surface area (Å²) in [6.07, 6.45) is 7.37. The first kappa shape index (κ1) is 15.4. The van der Waals surface area contributed by atoms with Gasteiger partial charge in [0.25, 0.3) is 0 Å². The number of hydrogen-bond donors (Lipinski definition) is 2. The van der Waals surface area contributed by atoms with Gasteiger partial charge in [-0.2, -0.15) is 0 Å². The normalized spacial score (nSPS) is 14.7. The second kappa shape index (κ2) is 8.57. The highest BCUT2D eigenvalue weighted by Gasteiger charge is 2.35. The molecule has 0 aromatic carbocycles. The first-order chi connectivity index (χ1) is 7.63. The van der Waals surface area contributed by atoms with Gasteiger partial charge in [-0.05, 0) is 19.3 Å². The molecule has 0 saturated heterocycles. The van der Waals surface area contributed by atoms with Crippen molar-refractivity contribution < 1.29 is 15.0 Å². The van der Waals surface area contributed by atoms with Crippen molar-refractivity contribution >= 4 is 5.97 Å². The van der Waals surface area contributed by atoms with E-state index in [0.29, 0.717) is 19.3 Å². The van der Waals surface area contributed by atoms with Gasteiger partial charge >= 0.3 is 5.97 Å². The van der Waals surface area contributed by atoms with Crippen molar-refractivity contribution in [3.8, 4) is 0 Å². The Bertz CT molecular complexity index is 192. The van der Waals surface area contributed by atoms with E-state index in [1.165, 1.54) is 19.3 Å². The minimum absolute atomic E-state index is 0.0326. The molecular formula is C13H26O3. The molecular weight excluding hydrogens is 204 g/mol. The molecule has 96 valence electrons. The summed E-state index contributed by atoms with van der Waals surface area (Å²) in [5.74, 6) is -0.750. The highest BCUT2D eigenvalue weighted by Crippen LogP contribution is 2.33. The van der Waals surface area contributed by atoms with Crippen LogP contribution >= 0.6 is 0 Å². The Labute approximate surface area is 98.9 Å². The van der Waals surface area contributed by atoms with E-state index >= 15 is 0 Å². The van der Waals surface area contributed by atoms with Crippen molar-refractivity contribution in [3.05, 3.63) is 0 Å². The number of aliphatic hydroxyl groups is 1. The van der Waals surface area contributed by atoms with Gasteiger partial charge in [-0.15, -0.1) is 0 Å². The van der Waals surface area contributed by atoms with Gasteiger partial charge in [0.1, 0.15) is 0 Å². The number of aliphatic hydroxyl groups excluding tert-OH is 1. The highest BCUT2D eigenvalue weighted by molar-refractivity contribution is 5.74. The maximum absolute atomic E-state index is 11.3. The molecule has 0 heterocycles. The van der Waals surface area contributed by atoms with Gasteiger partial charge in [0.2, 0.25) is 0 Å². The first-order valence-corrected chi connectivity index (χ1v) is 6.47. The summed E-state index contributed by atoms with van der Waals surface area (Å²) in [4.78, 5) is 11.3. The Kier molecular flexibility index (Phi) is 8.26. The summed E-state index contributed by atoms with van der Waals surface area (Å²) in [5.41, 5.74) is -0.693. The zero-order valence-electron chi connectivity index (χ0n) is 10.7. The fourth-order valence-electron chi connectivity index (χ4n) is 2.12. The Hall–Kier alpha value is -0.570. The molecule has 0 aromatic heterocycles. The molecule has 1 atom stereocenters. The molecule has 0 aromatic rings. The zero-order chi connectivity index (χ0) is 12.4. The second-order valence-electron chi connectivity index (χ2n) is 4.58. The van der Waals surface area contributed by atoms with Crippen LogP contribution in [0.15, 0.2) is 0 Å². The lowest BCUT2D eigenvalue weighted by Gasteiger charge is -2.27. The number of carboxylic acid groups (broad SMARTS) is 1. The molecule has 0 radical (unpaired) electrons. The van der Waals surface area contributed by atoms with Crippen LogP contribution in [0.25, 0.3) is 0 Å². The summed E-state index contributed by atoms with van der Waals surface area (Å²) < 4.78 is 0. The summed E-state index contributed by atoms with van der Waals surface area (Å²) in [6.45, 7) is 4.03. The number of rotatable bonds is 10. The molecule has 2 N–H and O–H groups in total. The Morgan fingerprint density at radius 1 is 1.06 bits per heavy atom. The molecule has 1 unspecified atom stereocenters. The smallest absolute Gasteiger partial charge is 0.309 e. The molecule has 0 bridgehead atoms. The van der Waals surface area contributed by atoms with Gasteiger partial charge in [-0.3, -0.25) is 4.79 Å². The number of carboxylic acids is 1. The summed E-state index contributed by atoms with van der Waals surface area (Å²) >= 11 is 0. The average Bonchev–Trinajstić information content (AvgIpc) is 2.27. The fraction of sp³-hybridized carbons (Fsp3) is 0.923. The van der Waals surface area contributed by atoms with E-state index in [1.807, 2.05) is 6.92 Å². The van der Waals surface area contributed by atoms with E-state index in [-0.39, 0.29) is 6.61 Å². The molecule has 0 saturated carbocycles. The molecule has 0 aliphatic carbocycles. The van der Waals surface area contributed by atoms with E-state index in [1.54, 1.807) is 0 Å². The van der Waals surface area contributed by atoms with Gasteiger partial charge in [0, 0.05) is 6.61 Å². The van der Waals surface area contributed by atoms with Crippen LogP contribution in [-0.2, 0) is 4.79 Å². The number of unbranched alkanes of at least 4 members (excludes halogenated alkanes) is 4. The molecule has 0 rings (SSSR count). The zero-order valence-corrected chi connectivity index (χ0v) is 10.7. The van der Waals surface area contributed by atoms with Crippen LogP contribution < -0.4 is 0 Å². The molecule has 3 heteroatoms. The van der Waals surface area contributed by atoms with Gasteiger partial charge in [-0.1, -0.05) is 46.0 Å². The standard InChI is InChI=1S/C13H26O3/c1-3-5-6-7-8-9-13(4-2,10-11-14)12(15)16/h14H,3-11H2,1-2H3,(H,15,16). The number of carbonyl (C=O) groups is 1. The molecule has 16 heavy (non-hydrogen) atoms. The van der Waals surface area contributed by atoms with Gasteiger partial charge in [0.15, 0.2) is 0 Å². The molecule has 3 nitrogen and oxygen atoms in total. The lowest BCUT2D eigenvalue weighted by atomic mass is 9.77. The van der Waals surface area contributed by atoms with Crippen LogP contribution in [0, 0.1) is 5.41 Å². The third-order valence-electron chi connectivity index (χ3n) is 3.48. The van der Waals surface area contributed by atoms with E-state index in [2.05, 4.69) is 6.92 Å². The van der Waals surface area contributed by atoms with Crippen molar-refractivity contribution in [2.45, 2.75) is 65.2 Å². The fourth-order valence-corrected chi connectivity index (χ4v) is 2.12. The van der Waals surface area contributed by atoms with Gasteiger partial charge in [-0.25, -0.2) is 0 Å². The van der Waals surface area contributed by atoms with Crippen molar-refractivity contribution in [1.29, 1.82) is 0 Å². The van der Waals surface area contributed by atoms with Crippen LogP contribution in [0.1, 0.15) is 65.2 Å². The van der Waals surface area contributed by atoms with Crippen molar-refractivity contribution in [3.63, 3.8) is 0 Å². The van der Waals surface area contributed by atoms with Crippen LogP contribution in [0.3, 0.4) is 0 Å². The van der Waals surface area contributed by atoms with E-state index < -0.39 is 11.4 Å². The second-order valence-corrected chi connectivity index (χ2v) is 4.58. The van der Waals surface area contributed by atoms with Gasteiger partial charge < -0.3 is 10.2 Å². The summed E-state index contributed by atoms with van der Waals surface area (Å²) in [7, 11) is 0. The number of aliphatic carboxylic acids is 1. The van der Waals surface area contributed by atoms with Crippen molar-refractivity contribution in [2.75, 3.05) is 6.61 Å². The Morgan fingerprint density at radius 2 is 1.69 bits per heavy atom. The van der Waals surface area contributed by atoms with Gasteiger partial charge in [0.05, 0.1) is 5.41 Å².